The van der Waals surface area contributed by atoms with Crippen molar-refractivity contribution in [3.8, 4) is 17.6 Å². The van der Waals surface area contributed by atoms with Crippen molar-refractivity contribution in [2.24, 2.45) is 0 Å². The van der Waals surface area contributed by atoms with Crippen molar-refractivity contribution in [1.82, 2.24) is 5.32 Å². The summed E-state index contributed by atoms with van der Waals surface area (Å²) in [7, 11) is 1.53. The second-order valence-corrected chi connectivity index (χ2v) is 5.79. The fraction of sp³-hybridized carbons (Fsp3) is 0.182. The van der Waals surface area contributed by atoms with E-state index in [0.29, 0.717) is 23.7 Å². The number of methoxy groups -OCH3 is 1. The van der Waals surface area contributed by atoms with Gasteiger partial charge in [0.15, 0.2) is 11.5 Å². The summed E-state index contributed by atoms with van der Waals surface area (Å²) < 4.78 is 10.8. The van der Waals surface area contributed by atoms with Gasteiger partial charge in [0.1, 0.15) is 18.2 Å². The van der Waals surface area contributed by atoms with Crippen LogP contribution in [0.2, 0.25) is 0 Å². The standard InChI is InChI=1S/C22H22N2O3/c1-4-12-27-20-11-10-17(14-21(20)26-3)13-19(15-23)22(25)24-16(2)18-8-6-5-7-9-18/h4-11,13-14,16H,1,12H2,2-3H3,(H,24,25)/b19-13+. The number of nitriles is 1. The molecule has 0 aromatic heterocycles. The number of carbonyl (C=O) groups excluding carboxylic acids is 1. The first-order valence-corrected chi connectivity index (χ1v) is 8.48. The molecule has 0 spiro atoms. The first kappa shape index (κ1) is 19.8. The van der Waals surface area contributed by atoms with Gasteiger partial charge in [0, 0.05) is 0 Å². The van der Waals surface area contributed by atoms with Crippen LogP contribution in [-0.4, -0.2) is 19.6 Å². The maximum atomic E-state index is 12.5. The third-order valence-corrected chi connectivity index (χ3v) is 3.87. The number of nitrogens with zero attached hydrogens (tertiary/aromatic N) is 1. The Labute approximate surface area is 159 Å². The molecule has 2 aromatic carbocycles. The van der Waals surface area contributed by atoms with Crippen molar-refractivity contribution in [1.29, 1.82) is 5.26 Å². The fourth-order valence-corrected chi connectivity index (χ4v) is 2.46. The van der Waals surface area contributed by atoms with Crippen molar-refractivity contribution in [2.75, 3.05) is 13.7 Å². The quantitative estimate of drug-likeness (QED) is 0.437. The topological polar surface area (TPSA) is 71.3 Å². The van der Waals surface area contributed by atoms with Gasteiger partial charge in [-0.15, -0.1) is 0 Å². The van der Waals surface area contributed by atoms with Gasteiger partial charge in [0.25, 0.3) is 5.91 Å². The normalized spacial score (nSPS) is 11.8. The first-order valence-electron chi connectivity index (χ1n) is 8.48. The van der Waals surface area contributed by atoms with Crippen LogP contribution in [0.15, 0.2) is 66.8 Å². The minimum atomic E-state index is -0.431. The van der Waals surface area contributed by atoms with Crippen LogP contribution in [0.25, 0.3) is 6.08 Å². The Bertz CT molecular complexity index is 867. The lowest BCUT2D eigenvalue weighted by atomic mass is 10.1. The average Bonchev–Trinajstić information content (AvgIpc) is 2.71. The lowest BCUT2D eigenvalue weighted by Crippen LogP contribution is -2.27. The molecule has 138 valence electrons. The van der Waals surface area contributed by atoms with Crippen LogP contribution in [0.5, 0.6) is 11.5 Å². The summed E-state index contributed by atoms with van der Waals surface area (Å²) in [5.41, 5.74) is 1.64. The zero-order valence-corrected chi connectivity index (χ0v) is 15.4. The molecule has 5 nitrogen and oxygen atoms in total. The van der Waals surface area contributed by atoms with Gasteiger partial charge in [-0.1, -0.05) is 49.1 Å². The lowest BCUT2D eigenvalue weighted by molar-refractivity contribution is -0.117. The van der Waals surface area contributed by atoms with Gasteiger partial charge in [-0.3, -0.25) is 4.79 Å². The maximum Gasteiger partial charge on any atom is 0.262 e. The van der Waals surface area contributed by atoms with E-state index in [0.717, 1.165) is 5.56 Å². The predicted molar refractivity (Wildman–Crippen MR) is 105 cm³/mol. The SMILES string of the molecule is C=CCOc1ccc(/C=C(\C#N)C(=O)NC(C)c2ccccc2)cc1OC. The molecule has 1 N–H and O–H groups in total. The van der Waals surface area contributed by atoms with E-state index in [-0.39, 0.29) is 11.6 Å². The second-order valence-electron chi connectivity index (χ2n) is 5.79. The van der Waals surface area contributed by atoms with Crippen molar-refractivity contribution < 1.29 is 14.3 Å². The molecule has 5 heteroatoms. The Morgan fingerprint density at radius 1 is 1.26 bits per heavy atom. The Kier molecular flexibility index (Phi) is 7.21. The number of carbonyl (C=O) groups is 1. The summed E-state index contributed by atoms with van der Waals surface area (Å²) in [5.74, 6) is 0.649. The minimum absolute atomic E-state index is 0.0135. The van der Waals surface area contributed by atoms with E-state index >= 15 is 0 Å². The van der Waals surface area contributed by atoms with Crippen LogP contribution in [0.3, 0.4) is 0 Å². The van der Waals surface area contributed by atoms with Crippen molar-refractivity contribution in [3.05, 3.63) is 77.9 Å². The molecule has 0 aliphatic carbocycles. The van der Waals surface area contributed by atoms with Gasteiger partial charge in [-0.25, -0.2) is 0 Å². The highest BCUT2D eigenvalue weighted by Gasteiger charge is 2.14. The van der Waals surface area contributed by atoms with E-state index in [1.807, 2.05) is 43.3 Å². The number of hydrogen-bond acceptors (Lipinski definition) is 4. The summed E-state index contributed by atoms with van der Waals surface area (Å²) in [4.78, 5) is 12.5. The van der Waals surface area contributed by atoms with E-state index < -0.39 is 5.91 Å². The second kappa shape index (κ2) is 9.83. The number of nitrogens with one attached hydrogen (secondary N) is 1. The Morgan fingerprint density at radius 3 is 2.63 bits per heavy atom. The third-order valence-electron chi connectivity index (χ3n) is 3.87. The molecular weight excluding hydrogens is 340 g/mol. The summed E-state index contributed by atoms with van der Waals surface area (Å²) in [5, 5.41) is 12.2. The molecule has 1 unspecified atom stereocenters. The molecule has 0 saturated carbocycles. The molecule has 1 atom stereocenters. The van der Waals surface area contributed by atoms with Gasteiger partial charge in [0.05, 0.1) is 13.2 Å². The van der Waals surface area contributed by atoms with Gasteiger partial charge >= 0.3 is 0 Å². The number of rotatable bonds is 8. The fourth-order valence-electron chi connectivity index (χ4n) is 2.46. The van der Waals surface area contributed by atoms with Crippen LogP contribution < -0.4 is 14.8 Å². The highest BCUT2D eigenvalue weighted by molar-refractivity contribution is 6.01. The number of ether oxygens (including phenoxy) is 2. The van der Waals surface area contributed by atoms with Gasteiger partial charge in [-0.2, -0.15) is 5.26 Å². The number of hydrogen-bond donors (Lipinski definition) is 1. The molecule has 0 saturated heterocycles. The molecule has 0 aliphatic heterocycles. The summed E-state index contributed by atoms with van der Waals surface area (Å²) in [6.45, 7) is 5.84. The monoisotopic (exact) mass is 362 g/mol. The summed E-state index contributed by atoms with van der Waals surface area (Å²) in [6.07, 6.45) is 3.16. The third kappa shape index (κ3) is 5.48. The molecule has 2 rings (SSSR count). The highest BCUT2D eigenvalue weighted by Crippen LogP contribution is 2.29. The van der Waals surface area contributed by atoms with Crippen molar-refractivity contribution >= 4 is 12.0 Å². The molecule has 0 bridgehead atoms. The van der Waals surface area contributed by atoms with Crippen molar-refractivity contribution in [3.63, 3.8) is 0 Å². The van der Waals surface area contributed by atoms with Crippen LogP contribution in [0.4, 0.5) is 0 Å². The van der Waals surface area contributed by atoms with Crippen LogP contribution in [-0.2, 0) is 4.79 Å². The van der Waals surface area contributed by atoms with Gasteiger partial charge in [-0.05, 0) is 36.3 Å². The maximum absolute atomic E-state index is 12.5. The molecule has 0 heterocycles. The van der Waals surface area contributed by atoms with E-state index in [9.17, 15) is 10.1 Å². The number of benzene rings is 2. The molecule has 2 aromatic rings. The van der Waals surface area contributed by atoms with Crippen LogP contribution in [0, 0.1) is 11.3 Å². The molecule has 0 radical (unpaired) electrons. The number of amides is 1. The Hall–Kier alpha value is -3.52. The predicted octanol–water partition coefficient (Wildman–Crippen LogP) is 4.04. The van der Waals surface area contributed by atoms with Crippen LogP contribution in [0.1, 0.15) is 24.1 Å². The largest absolute Gasteiger partial charge is 0.493 e. The van der Waals surface area contributed by atoms with Crippen LogP contribution >= 0.6 is 0 Å². The molecule has 27 heavy (non-hydrogen) atoms. The lowest BCUT2D eigenvalue weighted by Gasteiger charge is -2.14. The minimum Gasteiger partial charge on any atom is -0.493 e. The molecular formula is C22H22N2O3. The molecule has 0 aliphatic rings. The zero-order chi connectivity index (χ0) is 19.6. The van der Waals surface area contributed by atoms with Gasteiger partial charge in [0.2, 0.25) is 0 Å². The molecule has 1 amide bonds. The Morgan fingerprint density at radius 2 is 2.00 bits per heavy atom. The van der Waals surface area contributed by atoms with E-state index in [1.54, 1.807) is 24.3 Å². The van der Waals surface area contributed by atoms with E-state index in [4.69, 9.17) is 9.47 Å². The molecule has 0 fully saturated rings. The summed E-state index contributed by atoms with van der Waals surface area (Å²) in [6, 6.07) is 16.5. The summed E-state index contributed by atoms with van der Waals surface area (Å²) >= 11 is 0. The first-order chi connectivity index (χ1) is 13.1. The zero-order valence-electron chi connectivity index (χ0n) is 15.4. The van der Waals surface area contributed by atoms with Gasteiger partial charge < -0.3 is 14.8 Å². The Balaban J connectivity index is 2.18. The average molecular weight is 362 g/mol. The van der Waals surface area contributed by atoms with E-state index in [2.05, 4.69) is 11.9 Å². The highest BCUT2D eigenvalue weighted by atomic mass is 16.5. The van der Waals surface area contributed by atoms with Crippen molar-refractivity contribution in [2.45, 2.75) is 13.0 Å². The smallest absolute Gasteiger partial charge is 0.262 e. The van der Waals surface area contributed by atoms with E-state index in [1.165, 1.54) is 13.2 Å².